The second-order valence-electron chi connectivity index (χ2n) is 5.96. The number of thiophene rings is 1. The molecular formula is C18H20N4OS. The molecule has 24 heavy (non-hydrogen) atoms. The van der Waals surface area contributed by atoms with Crippen LogP contribution >= 0.6 is 11.3 Å². The van der Waals surface area contributed by atoms with Gasteiger partial charge in [-0.2, -0.15) is 0 Å². The number of anilines is 1. The number of piperazine rings is 1. The summed E-state index contributed by atoms with van der Waals surface area (Å²) in [5.41, 5.74) is 1.29. The molecule has 5 nitrogen and oxygen atoms in total. The lowest BCUT2D eigenvalue weighted by atomic mass is 10.2. The average Bonchev–Trinajstić information content (AvgIpc) is 3.33. The SMILES string of the molecule is C[C@H](c1nnc(-c2cccs2)o1)N1CCN(c2ccccc2)CC1. The number of hydrogen-bond acceptors (Lipinski definition) is 6. The van der Waals surface area contributed by atoms with E-state index < -0.39 is 0 Å². The maximum atomic E-state index is 5.89. The number of hydrogen-bond donors (Lipinski definition) is 0. The normalized spacial score (nSPS) is 17.1. The van der Waals surface area contributed by atoms with E-state index in [2.05, 4.69) is 57.3 Å². The molecule has 0 spiro atoms. The van der Waals surface area contributed by atoms with E-state index >= 15 is 0 Å². The predicted octanol–water partition coefficient (Wildman–Crippen LogP) is 3.68. The highest BCUT2D eigenvalue weighted by Gasteiger charge is 2.26. The summed E-state index contributed by atoms with van der Waals surface area (Å²) in [4.78, 5) is 5.86. The summed E-state index contributed by atoms with van der Waals surface area (Å²) in [6.45, 7) is 6.16. The van der Waals surface area contributed by atoms with Crippen molar-refractivity contribution in [2.24, 2.45) is 0 Å². The van der Waals surface area contributed by atoms with Gasteiger partial charge in [0.25, 0.3) is 5.89 Å². The summed E-state index contributed by atoms with van der Waals surface area (Å²) in [5.74, 6) is 1.32. The van der Waals surface area contributed by atoms with Gasteiger partial charge in [0, 0.05) is 31.9 Å². The van der Waals surface area contributed by atoms with Gasteiger partial charge in [0.1, 0.15) is 0 Å². The molecule has 124 valence electrons. The molecule has 3 aromatic rings. The Morgan fingerprint density at radius 3 is 2.50 bits per heavy atom. The molecule has 3 heterocycles. The Bertz CT molecular complexity index is 763. The molecule has 0 bridgehead atoms. The first-order chi connectivity index (χ1) is 11.8. The molecule has 0 aliphatic carbocycles. The Kier molecular flexibility index (Phi) is 4.32. The zero-order chi connectivity index (χ0) is 16.4. The first-order valence-corrected chi connectivity index (χ1v) is 9.10. The van der Waals surface area contributed by atoms with Crippen molar-refractivity contribution < 1.29 is 4.42 Å². The van der Waals surface area contributed by atoms with Gasteiger partial charge in [-0.15, -0.1) is 21.5 Å². The van der Waals surface area contributed by atoms with Crippen LogP contribution in [-0.4, -0.2) is 41.3 Å². The van der Waals surface area contributed by atoms with Crippen molar-refractivity contribution in [2.45, 2.75) is 13.0 Å². The standard InChI is InChI=1S/C18H20N4OS/c1-14(17-19-20-18(23-17)16-8-5-13-24-16)21-9-11-22(12-10-21)15-6-3-2-4-7-15/h2-8,13-14H,9-12H2,1H3/t14-/m1/s1. The summed E-state index contributed by atoms with van der Waals surface area (Å²) in [7, 11) is 0. The largest absolute Gasteiger partial charge is 0.418 e. The monoisotopic (exact) mass is 340 g/mol. The zero-order valence-corrected chi connectivity index (χ0v) is 14.4. The number of para-hydroxylation sites is 1. The lowest BCUT2D eigenvalue weighted by molar-refractivity contribution is 0.174. The molecule has 0 unspecified atom stereocenters. The fourth-order valence-corrected chi connectivity index (χ4v) is 3.71. The molecule has 1 saturated heterocycles. The fraction of sp³-hybridized carbons (Fsp3) is 0.333. The highest BCUT2D eigenvalue weighted by molar-refractivity contribution is 7.13. The van der Waals surface area contributed by atoms with Crippen molar-refractivity contribution in [3.63, 3.8) is 0 Å². The predicted molar refractivity (Wildman–Crippen MR) is 96.3 cm³/mol. The van der Waals surface area contributed by atoms with Crippen LogP contribution in [-0.2, 0) is 0 Å². The van der Waals surface area contributed by atoms with E-state index in [-0.39, 0.29) is 6.04 Å². The topological polar surface area (TPSA) is 45.4 Å². The molecule has 1 aliphatic rings. The van der Waals surface area contributed by atoms with E-state index in [1.54, 1.807) is 11.3 Å². The molecule has 2 aromatic heterocycles. The summed E-state index contributed by atoms with van der Waals surface area (Å²) < 4.78 is 5.89. The molecule has 0 amide bonds. The van der Waals surface area contributed by atoms with Crippen molar-refractivity contribution in [1.82, 2.24) is 15.1 Å². The van der Waals surface area contributed by atoms with Gasteiger partial charge in [0.15, 0.2) is 0 Å². The van der Waals surface area contributed by atoms with Gasteiger partial charge in [0.05, 0.1) is 10.9 Å². The van der Waals surface area contributed by atoms with Crippen LogP contribution in [0.15, 0.2) is 52.3 Å². The summed E-state index contributed by atoms with van der Waals surface area (Å²) in [6.07, 6.45) is 0. The smallest absolute Gasteiger partial charge is 0.257 e. The van der Waals surface area contributed by atoms with E-state index in [1.165, 1.54) is 5.69 Å². The van der Waals surface area contributed by atoms with Crippen molar-refractivity contribution >= 4 is 17.0 Å². The lowest BCUT2D eigenvalue weighted by Gasteiger charge is -2.38. The first-order valence-electron chi connectivity index (χ1n) is 8.22. The van der Waals surface area contributed by atoms with Crippen LogP contribution < -0.4 is 4.90 Å². The minimum Gasteiger partial charge on any atom is -0.418 e. The van der Waals surface area contributed by atoms with Gasteiger partial charge in [-0.05, 0) is 30.5 Å². The van der Waals surface area contributed by atoms with Crippen LogP contribution in [0.4, 0.5) is 5.69 Å². The van der Waals surface area contributed by atoms with E-state index in [0.29, 0.717) is 11.8 Å². The van der Waals surface area contributed by atoms with E-state index in [0.717, 1.165) is 31.1 Å². The van der Waals surface area contributed by atoms with Crippen LogP contribution in [0.2, 0.25) is 0 Å². The van der Waals surface area contributed by atoms with Gasteiger partial charge in [0.2, 0.25) is 5.89 Å². The van der Waals surface area contributed by atoms with Crippen molar-refractivity contribution in [3.05, 3.63) is 53.7 Å². The molecule has 0 radical (unpaired) electrons. The Morgan fingerprint density at radius 2 is 1.79 bits per heavy atom. The van der Waals surface area contributed by atoms with Crippen LogP contribution in [0.25, 0.3) is 10.8 Å². The molecular weight excluding hydrogens is 320 g/mol. The van der Waals surface area contributed by atoms with E-state index in [9.17, 15) is 0 Å². The van der Waals surface area contributed by atoms with Crippen LogP contribution in [0, 0.1) is 0 Å². The number of rotatable bonds is 4. The average molecular weight is 340 g/mol. The van der Waals surface area contributed by atoms with Gasteiger partial charge >= 0.3 is 0 Å². The number of aromatic nitrogens is 2. The Morgan fingerprint density at radius 1 is 1.00 bits per heavy atom. The maximum absolute atomic E-state index is 5.89. The lowest BCUT2D eigenvalue weighted by Crippen LogP contribution is -2.47. The third-order valence-corrected chi connectivity index (χ3v) is 5.37. The highest BCUT2D eigenvalue weighted by Crippen LogP contribution is 2.27. The molecule has 1 aliphatic heterocycles. The minimum absolute atomic E-state index is 0.143. The van der Waals surface area contributed by atoms with E-state index in [1.807, 2.05) is 17.5 Å². The Labute approximate surface area is 145 Å². The highest BCUT2D eigenvalue weighted by atomic mass is 32.1. The molecule has 0 N–H and O–H groups in total. The van der Waals surface area contributed by atoms with Gasteiger partial charge < -0.3 is 9.32 Å². The van der Waals surface area contributed by atoms with Gasteiger partial charge in [-0.3, -0.25) is 4.90 Å². The van der Waals surface area contributed by atoms with Gasteiger partial charge in [-0.1, -0.05) is 24.3 Å². The Hall–Kier alpha value is -2.18. The molecule has 1 aromatic carbocycles. The molecule has 6 heteroatoms. The van der Waals surface area contributed by atoms with Crippen LogP contribution in [0.3, 0.4) is 0 Å². The van der Waals surface area contributed by atoms with E-state index in [4.69, 9.17) is 4.42 Å². The fourth-order valence-electron chi connectivity index (χ4n) is 3.07. The minimum atomic E-state index is 0.143. The second-order valence-corrected chi connectivity index (χ2v) is 6.90. The third kappa shape index (κ3) is 3.07. The third-order valence-electron chi connectivity index (χ3n) is 4.51. The maximum Gasteiger partial charge on any atom is 0.257 e. The summed E-state index contributed by atoms with van der Waals surface area (Å²) >= 11 is 1.62. The van der Waals surface area contributed by atoms with Crippen LogP contribution in [0.5, 0.6) is 0 Å². The Balaban J connectivity index is 1.40. The number of benzene rings is 1. The molecule has 4 rings (SSSR count). The summed E-state index contributed by atoms with van der Waals surface area (Å²) in [6, 6.07) is 14.7. The van der Waals surface area contributed by atoms with Crippen molar-refractivity contribution in [3.8, 4) is 10.8 Å². The van der Waals surface area contributed by atoms with Crippen LogP contribution in [0.1, 0.15) is 18.9 Å². The quantitative estimate of drug-likeness (QED) is 0.725. The van der Waals surface area contributed by atoms with Crippen molar-refractivity contribution in [2.75, 3.05) is 31.1 Å². The summed E-state index contributed by atoms with van der Waals surface area (Å²) in [5, 5.41) is 10.5. The zero-order valence-electron chi connectivity index (χ0n) is 13.6. The molecule has 1 fully saturated rings. The molecule has 0 saturated carbocycles. The number of nitrogens with zero attached hydrogens (tertiary/aromatic N) is 4. The second kappa shape index (κ2) is 6.75. The molecule has 1 atom stereocenters. The van der Waals surface area contributed by atoms with Crippen molar-refractivity contribution in [1.29, 1.82) is 0 Å². The van der Waals surface area contributed by atoms with Gasteiger partial charge in [-0.25, -0.2) is 0 Å². The first kappa shape index (κ1) is 15.4.